The van der Waals surface area contributed by atoms with Gasteiger partial charge in [-0.25, -0.2) is 0 Å². The van der Waals surface area contributed by atoms with Crippen LogP contribution in [0.5, 0.6) is 0 Å². The van der Waals surface area contributed by atoms with Crippen LogP contribution in [0, 0.1) is 17.3 Å². The molecular formula is C14H21NO5. The Morgan fingerprint density at radius 3 is 2.50 bits per heavy atom. The number of carboxylic acid groups (broad SMARTS) is 1. The summed E-state index contributed by atoms with van der Waals surface area (Å²) in [6.07, 6.45) is 2.30. The van der Waals surface area contributed by atoms with Crippen molar-refractivity contribution < 1.29 is 24.2 Å². The van der Waals surface area contributed by atoms with Gasteiger partial charge in [-0.1, -0.05) is 0 Å². The molecule has 2 aliphatic heterocycles. The lowest BCUT2D eigenvalue weighted by molar-refractivity contribution is -0.142. The number of amides is 1. The van der Waals surface area contributed by atoms with E-state index < -0.39 is 11.9 Å². The Labute approximate surface area is 118 Å². The third kappa shape index (κ3) is 2.67. The van der Waals surface area contributed by atoms with E-state index in [-0.39, 0.29) is 17.2 Å². The molecule has 6 heteroatoms. The molecule has 1 saturated carbocycles. The van der Waals surface area contributed by atoms with E-state index >= 15 is 0 Å². The summed E-state index contributed by atoms with van der Waals surface area (Å²) in [4.78, 5) is 25.2. The normalized spacial score (nSPS) is 32.7. The second-order valence-corrected chi connectivity index (χ2v) is 6.21. The maximum Gasteiger partial charge on any atom is 0.307 e. The smallest absolute Gasteiger partial charge is 0.307 e. The SMILES string of the molecule is O=C(O)C1CC1C(=O)N1CCOCC2(CCOCC2)C1. The van der Waals surface area contributed by atoms with Crippen molar-refractivity contribution in [3.8, 4) is 0 Å². The Balaban J connectivity index is 1.66. The van der Waals surface area contributed by atoms with Crippen molar-refractivity contribution in [3.63, 3.8) is 0 Å². The standard InChI is InChI=1S/C14H21NO5/c16-12(10-7-11(10)13(17)18)15-3-6-20-9-14(8-15)1-4-19-5-2-14/h10-11H,1-9H2,(H,17,18). The minimum absolute atomic E-state index is 0.00196. The van der Waals surface area contributed by atoms with Crippen molar-refractivity contribution in [2.24, 2.45) is 17.3 Å². The number of ether oxygens (including phenoxy) is 2. The summed E-state index contributed by atoms with van der Waals surface area (Å²) in [5.41, 5.74) is -0.00196. The van der Waals surface area contributed by atoms with E-state index in [1.54, 1.807) is 0 Å². The number of hydrogen-bond donors (Lipinski definition) is 1. The first-order valence-electron chi connectivity index (χ1n) is 7.28. The van der Waals surface area contributed by atoms with Crippen LogP contribution in [0.25, 0.3) is 0 Å². The van der Waals surface area contributed by atoms with Crippen molar-refractivity contribution in [1.29, 1.82) is 0 Å². The molecule has 3 aliphatic rings. The Morgan fingerprint density at radius 2 is 1.85 bits per heavy atom. The molecule has 1 N–H and O–H groups in total. The van der Waals surface area contributed by atoms with Crippen LogP contribution in [-0.4, -0.2) is 61.4 Å². The van der Waals surface area contributed by atoms with Crippen LogP contribution in [0.15, 0.2) is 0 Å². The van der Waals surface area contributed by atoms with Gasteiger partial charge in [0.05, 0.1) is 25.0 Å². The highest BCUT2D eigenvalue weighted by molar-refractivity contribution is 5.89. The van der Waals surface area contributed by atoms with Crippen molar-refractivity contribution in [3.05, 3.63) is 0 Å². The average Bonchev–Trinajstić information content (AvgIpc) is 3.23. The predicted molar refractivity (Wildman–Crippen MR) is 69.1 cm³/mol. The van der Waals surface area contributed by atoms with E-state index in [4.69, 9.17) is 14.6 Å². The fourth-order valence-electron chi connectivity index (χ4n) is 3.26. The largest absolute Gasteiger partial charge is 0.481 e. The quantitative estimate of drug-likeness (QED) is 0.792. The van der Waals surface area contributed by atoms with Gasteiger partial charge in [0.15, 0.2) is 0 Å². The van der Waals surface area contributed by atoms with Gasteiger partial charge in [0.1, 0.15) is 0 Å². The number of hydrogen-bond acceptors (Lipinski definition) is 4. The minimum Gasteiger partial charge on any atom is -0.481 e. The second-order valence-electron chi connectivity index (χ2n) is 6.21. The Bertz CT molecular complexity index is 404. The van der Waals surface area contributed by atoms with Crippen LogP contribution in [0.2, 0.25) is 0 Å². The van der Waals surface area contributed by atoms with Gasteiger partial charge in [0.2, 0.25) is 5.91 Å². The molecule has 0 aromatic heterocycles. The number of aliphatic carboxylic acids is 1. The van der Waals surface area contributed by atoms with E-state index in [1.807, 2.05) is 4.90 Å². The third-order valence-corrected chi connectivity index (χ3v) is 4.73. The summed E-state index contributed by atoms with van der Waals surface area (Å²) in [5, 5.41) is 8.96. The minimum atomic E-state index is -0.852. The van der Waals surface area contributed by atoms with Gasteiger partial charge in [-0.2, -0.15) is 0 Å². The summed E-state index contributed by atoms with van der Waals surface area (Å²) < 4.78 is 11.1. The molecule has 2 saturated heterocycles. The Kier molecular flexibility index (Phi) is 3.69. The Hall–Kier alpha value is -1.14. The monoisotopic (exact) mass is 283 g/mol. The van der Waals surface area contributed by atoms with Gasteiger partial charge in [-0.15, -0.1) is 0 Å². The lowest BCUT2D eigenvalue weighted by atomic mass is 9.80. The highest BCUT2D eigenvalue weighted by Crippen LogP contribution is 2.41. The number of carbonyl (C=O) groups is 2. The predicted octanol–water partition coefficient (Wildman–Crippen LogP) is 0.363. The molecule has 1 amide bonds. The van der Waals surface area contributed by atoms with Crippen LogP contribution in [-0.2, 0) is 19.1 Å². The molecule has 6 nitrogen and oxygen atoms in total. The maximum absolute atomic E-state index is 12.4. The topological polar surface area (TPSA) is 76.1 Å². The fourth-order valence-corrected chi connectivity index (χ4v) is 3.26. The molecule has 3 rings (SSSR count). The van der Waals surface area contributed by atoms with Crippen molar-refractivity contribution in [2.45, 2.75) is 19.3 Å². The zero-order valence-corrected chi connectivity index (χ0v) is 11.5. The first kappa shape index (κ1) is 13.8. The number of nitrogens with zero attached hydrogens (tertiary/aromatic N) is 1. The van der Waals surface area contributed by atoms with E-state index in [9.17, 15) is 9.59 Å². The molecule has 2 unspecified atom stereocenters. The number of carboxylic acids is 1. The molecule has 2 heterocycles. The second kappa shape index (κ2) is 5.33. The van der Waals surface area contributed by atoms with E-state index in [2.05, 4.69) is 0 Å². The highest BCUT2D eigenvalue weighted by atomic mass is 16.5. The van der Waals surface area contributed by atoms with Crippen molar-refractivity contribution >= 4 is 11.9 Å². The van der Waals surface area contributed by atoms with Gasteiger partial charge in [-0.05, 0) is 19.3 Å². The van der Waals surface area contributed by atoms with Crippen molar-refractivity contribution in [1.82, 2.24) is 4.90 Å². The fraction of sp³-hybridized carbons (Fsp3) is 0.857. The zero-order valence-electron chi connectivity index (χ0n) is 11.5. The molecule has 1 aliphatic carbocycles. The molecule has 112 valence electrons. The van der Waals surface area contributed by atoms with Gasteiger partial charge in [0.25, 0.3) is 0 Å². The molecule has 0 radical (unpaired) electrons. The van der Waals surface area contributed by atoms with E-state index in [0.717, 1.165) is 12.8 Å². The maximum atomic E-state index is 12.4. The van der Waals surface area contributed by atoms with Gasteiger partial charge in [-0.3, -0.25) is 9.59 Å². The van der Waals surface area contributed by atoms with E-state index in [0.29, 0.717) is 45.9 Å². The lowest BCUT2D eigenvalue weighted by Crippen LogP contribution is -2.45. The molecule has 1 spiro atoms. The molecule has 2 atom stereocenters. The molecule has 0 bridgehead atoms. The number of carbonyl (C=O) groups excluding carboxylic acids is 1. The molecule has 0 aromatic rings. The van der Waals surface area contributed by atoms with Gasteiger partial charge < -0.3 is 19.5 Å². The summed E-state index contributed by atoms with van der Waals surface area (Å²) in [5.74, 6) is -1.65. The average molecular weight is 283 g/mol. The Morgan fingerprint density at radius 1 is 1.10 bits per heavy atom. The summed E-state index contributed by atoms with van der Waals surface area (Å²) >= 11 is 0. The first-order chi connectivity index (χ1) is 9.61. The van der Waals surface area contributed by atoms with Crippen molar-refractivity contribution in [2.75, 3.05) is 39.5 Å². The summed E-state index contributed by atoms with van der Waals surface area (Å²) in [6.45, 7) is 3.90. The van der Waals surface area contributed by atoms with Crippen LogP contribution >= 0.6 is 0 Å². The van der Waals surface area contributed by atoms with Crippen LogP contribution < -0.4 is 0 Å². The van der Waals surface area contributed by atoms with E-state index in [1.165, 1.54) is 0 Å². The van der Waals surface area contributed by atoms with Gasteiger partial charge >= 0.3 is 5.97 Å². The summed E-state index contributed by atoms with van der Waals surface area (Å²) in [6, 6.07) is 0. The number of rotatable bonds is 2. The highest BCUT2D eigenvalue weighted by Gasteiger charge is 2.51. The third-order valence-electron chi connectivity index (χ3n) is 4.73. The zero-order chi connectivity index (χ0) is 14.2. The molecule has 3 fully saturated rings. The molecule has 20 heavy (non-hydrogen) atoms. The van der Waals surface area contributed by atoms with Crippen LogP contribution in [0.4, 0.5) is 0 Å². The molecular weight excluding hydrogens is 262 g/mol. The van der Waals surface area contributed by atoms with Crippen LogP contribution in [0.3, 0.4) is 0 Å². The van der Waals surface area contributed by atoms with Gasteiger partial charge in [0, 0.05) is 31.7 Å². The lowest BCUT2D eigenvalue weighted by Gasteiger charge is -2.38. The summed E-state index contributed by atoms with van der Waals surface area (Å²) in [7, 11) is 0. The van der Waals surface area contributed by atoms with Crippen LogP contribution in [0.1, 0.15) is 19.3 Å². The molecule has 0 aromatic carbocycles. The first-order valence-corrected chi connectivity index (χ1v) is 7.28.